The highest BCUT2D eigenvalue weighted by Crippen LogP contribution is 2.67. The fraction of sp³-hybridized carbons (Fsp3) is 0.760. The van der Waals surface area contributed by atoms with Crippen LogP contribution in [0.15, 0.2) is 30.3 Å². The van der Waals surface area contributed by atoms with Crippen LogP contribution in [-0.4, -0.2) is 60.4 Å². The Bertz CT molecular complexity index is 725. The molecule has 3 saturated carbocycles. The normalized spacial score (nSPS) is 34.5. The van der Waals surface area contributed by atoms with Crippen molar-refractivity contribution in [2.45, 2.75) is 89.2 Å². The highest BCUT2D eigenvalue weighted by Gasteiger charge is 2.72. The number of hydrogen-bond acceptors (Lipinski definition) is 6. The molecule has 2 N–H and O–H groups in total. The van der Waals surface area contributed by atoms with Crippen molar-refractivity contribution in [3.63, 3.8) is 0 Å². The van der Waals surface area contributed by atoms with E-state index in [1.54, 1.807) is 0 Å². The zero-order valence-electron chi connectivity index (χ0n) is 19.8. The Morgan fingerprint density at radius 3 is 2.62 bits per heavy atom. The molecule has 1 aromatic carbocycles. The largest absolute Gasteiger partial charge is 0.485 e. The monoisotopic (exact) mass is 446 g/mol. The van der Waals surface area contributed by atoms with Crippen LogP contribution in [0.1, 0.15) is 64.9 Å². The molecule has 2 bridgehead atoms. The van der Waals surface area contributed by atoms with Crippen molar-refractivity contribution in [2.75, 3.05) is 19.8 Å². The molecule has 1 saturated heterocycles. The van der Waals surface area contributed by atoms with Crippen molar-refractivity contribution in [1.29, 1.82) is 0 Å². The lowest BCUT2D eigenvalue weighted by Gasteiger charge is -2.71. The van der Waals surface area contributed by atoms with Crippen molar-refractivity contribution in [2.24, 2.45) is 11.3 Å². The number of rotatable bonds is 10. The summed E-state index contributed by atoms with van der Waals surface area (Å²) in [7, 11) is -1.10. The molecule has 1 aromatic rings. The lowest BCUT2D eigenvalue weighted by Crippen LogP contribution is -2.77. The van der Waals surface area contributed by atoms with Crippen molar-refractivity contribution in [3.8, 4) is 0 Å². The fourth-order valence-corrected chi connectivity index (χ4v) is 6.04. The summed E-state index contributed by atoms with van der Waals surface area (Å²) in [5.74, 6) is 0.516. The average molecular weight is 446 g/mol. The number of aliphatic hydroxyl groups is 1. The van der Waals surface area contributed by atoms with Crippen molar-refractivity contribution >= 4 is 7.12 Å². The Balaban J connectivity index is 1.41. The summed E-state index contributed by atoms with van der Waals surface area (Å²) in [6, 6.07) is 9.49. The van der Waals surface area contributed by atoms with Crippen LogP contribution in [0.5, 0.6) is 0 Å². The molecule has 178 valence electrons. The van der Waals surface area contributed by atoms with Crippen LogP contribution in [-0.2, 0) is 25.5 Å². The van der Waals surface area contributed by atoms with Gasteiger partial charge in [-0.05, 0) is 62.3 Å². The second kappa shape index (κ2) is 9.73. The number of ether oxygens (including phenoxy) is 3. The molecule has 0 radical (unpaired) electrons. The summed E-state index contributed by atoms with van der Waals surface area (Å²) < 4.78 is 23.8. The third-order valence-corrected chi connectivity index (χ3v) is 8.29. The molecule has 4 unspecified atom stereocenters. The molecular formula is C25H39BO6. The van der Waals surface area contributed by atoms with E-state index >= 15 is 0 Å². The van der Waals surface area contributed by atoms with Gasteiger partial charge in [0.1, 0.15) is 0 Å². The van der Waals surface area contributed by atoms with Gasteiger partial charge in [0.05, 0.1) is 49.7 Å². The van der Waals surface area contributed by atoms with E-state index in [0.29, 0.717) is 45.2 Å². The van der Waals surface area contributed by atoms with Gasteiger partial charge in [0, 0.05) is 0 Å². The molecule has 3 aliphatic carbocycles. The van der Waals surface area contributed by atoms with Crippen LogP contribution in [0.25, 0.3) is 0 Å². The molecule has 0 amide bonds. The predicted molar refractivity (Wildman–Crippen MR) is 123 cm³/mol. The lowest BCUT2D eigenvalue weighted by atomic mass is 9.40. The molecule has 1 heterocycles. The number of hydrogen-bond donors (Lipinski definition) is 2. The van der Waals surface area contributed by atoms with Crippen LogP contribution in [0, 0.1) is 11.3 Å². The Kier molecular flexibility index (Phi) is 7.35. The zero-order valence-corrected chi connectivity index (χ0v) is 19.8. The Morgan fingerprint density at radius 1 is 1.19 bits per heavy atom. The van der Waals surface area contributed by atoms with Gasteiger partial charge in [-0.15, -0.1) is 0 Å². The minimum absolute atomic E-state index is 0.0978. The molecule has 0 aromatic heterocycles. The van der Waals surface area contributed by atoms with Gasteiger partial charge in [-0.25, -0.2) is 0 Å². The zero-order chi connectivity index (χ0) is 22.8. The van der Waals surface area contributed by atoms with Crippen LogP contribution in [0.4, 0.5) is 0 Å². The quantitative estimate of drug-likeness (QED) is 0.536. The number of benzene rings is 1. The Hall–Kier alpha value is -0.955. The SMILES string of the molecule is CC1(O)CCC2CC1(OB(O)[C@@H](CCCC1COCCO1)OCc1ccccc1)C2(C)C. The van der Waals surface area contributed by atoms with E-state index in [1.807, 2.05) is 37.3 Å². The van der Waals surface area contributed by atoms with E-state index in [1.165, 1.54) is 0 Å². The van der Waals surface area contributed by atoms with E-state index in [9.17, 15) is 10.1 Å². The van der Waals surface area contributed by atoms with Gasteiger partial charge >= 0.3 is 7.12 Å². The average Bonchev–Trinajstić information content (AvgIpc) is 2.78. The van der Waals surface area contributed by atoms with E-state index in [0.717, 1.165) is 31.2 Å². The Labute approximate surface area is 192 Å². The van der Waals surface area contributed by atoms with Gasteiger partial charge in [-0.1, -0.05) is 44.2 Å². The fourth-order valence-electron chi connectivity index (χ4n) is 6.04. The third-order valence-electron chi connectivity index (χ3n) is 8.29. The minimum Gasteiger partial charge on any atom is -0.425 e. The second-order valence-electron chi connectivity index (χ2n) is 10.6. The summed E-state index contributed by atoms with van der Waals surface area (Å²) in [6.07, 6.45) is 4.91. The molecule has 7 heteroatoms. The van der Waals surface area contributed by atoms with Crippen LogP contribution >= 0.6 is 0 Å². The van der Waals surface area contributed by atoms with E-state index in [-0.39, 0.29) is 11.5 Å². The molecule has 1 aliphatic heterocycles. The molecule has 4 aliphatic rings. The summed E-state index contributed by atoms with van der Waals surface area (Å²) in [5.41, 5.74) is -0.853. The summed E-state index contributed by atoms with van der Waals surface area (Å²) in [5, 5.41) is 22.5. The van der Waals surface area contributed by atoms with Gasteiger partial charge in [-0.2, -0.15) is 0 Å². The molecule has 5 atom stereocenters. The van der Waals surface area contributed by atoms with Gasteiger partial charge in [0.15, 0.2) is 0 Å². The third kappa shape index (κ3) is 4.66. The summed E-state index contributed by atoms with van der Waals surface area (Å²) >= 11 is 0. The highest BCUT2D eigenvalue weighted by molar-refractivity contribution is 6.44. The maximum atomic E-state index is 11.2. The van der Waals surface area contributed by atoms with E-state index in [4.69, 9.17) is 18.9 Å². The van der Waals surface area contributed by atoms with E-state index < -0.39 is 24.3 Å². The van der Waals surface area contributed by atoms with Gasteiger partial charge in [-0.3, -0.25) is 0 Å². The maximum absolute atomic E-state index is 11.2. The van der Waals surface area contributed by atoms with Gasteiger partial charge in [0.2, 0.25) is 0 Å². The molecule has 32 heavy (non-hydrogen) atoms. The standard InChI is InChI=1S/C25H39BO6/c1-23(2)20-12-13-24(3,27)25(23,16-20)32-26(28)22(31-17-19-8-5-4-6-9-19)11-7-10-21-18-29-14-15-30-21/h4-6,8-9,20-22,27-28H,7,10-18H2,1-3H3/t20?,21?,22-,24?,25?/m1/s1. The van der Waals surface area contributed by atoms with Crippen LogP contribution < -0.4 is 0 Å². The summed E-state index contributed by atoms with van der Waals surface area (Å²) in [4.78, 5) is 0. The summed E-state index contributed by atoms with van der Waals surface area (Å²) in [6.45, 7) is 8.49. The first-order valence-electron chi connectivity index (χ1n) is 12.2. The van der Waals surface area contributed by atoms with Gasteiger partial charge < -0.3 is 29.0 Å². The molecule has 0 spiro atoms. The smallest absolute Gasteiger partial charge is 0.425 e. The van der Waals surface area contributed by atoms with Crippen molar-refractivity contribution in [1.82, 2.24) is 0 Å². The number of fused-ring (bicyclic) bond motifs is 2. The highest BCUT2D eigenvalue weighted by atomic mass is 16.6. The second-order valence-corrected chi connectivity index (χ2v) is 10.6. The maximum Gasteiger partial charge on any atom is 0.485 e. The molecule has 4 fully saturated rings. The van der Waals surface area contributed by atoms with Crippen molar-refractivity contribution in [3.05, 3.63) is 35.9 Å². The van der Waals surface area contributed by atoms with Crippen LogP contribution in [0.3, 0.4) is 0 Å². The first-order valence-corrected chi connectivity index (χ1v) is 12.2. The molecule has 6 nitrogen and oxygen atoms in total. The Morgan fingerprint density at radius 2 is 1.97 bits per heavy atom. The minimum atomic E-state index is -1.10. The van der Waals surface area contributed by atoms with Gasteiger partial charge in [0.25, 0.3) is 0 Å². The topological polar surface area (TPSA) is 77.4 Å². The predicted octanol–water partition coefficient (Wildman–Crippen LogP) is 3.52. The van der Waals surface area contributed by atoms with Crippen molar-refractivity contribution < 1.29 is 29.0 Å². The van der Waals surface area contributed by atoms with Crippen LogP contribution in [0.2, 0.25) is 0 Å². The first-order chi connectivity index (χ1) is 15.3. The lowest BCUT2D eigenvalue weighted by molar-refractivity contribution is -0.306. The molecular weight excluding hydrogens is 407 g/mol. The molecule has 5 rings (SSSR count). The first kappa shape index (κ1) is 24.2. The van der Waals surface area contributed by atoms with E-state index in [2.05, 4.69) is 13.8 Å².